The molecule has 2 aromatic carbocycles. The van der Waals surface area contributed by atoms with Crippen molar-refractivity contribution in [2.75, 3.05) is 5.73 Å². The number of imidazole rings is 1. The Morgan fingerprint density at radius 2 is 1.75 bits per heavy atom. The molecule has 0 aliphatic carbocycles. The molecule has 0 atom stereocenters. The second-order valence-electron chi connectivity index (χ2n) is 5.36. The monoisotopic (exact) mass is 389 g/mol. The number of carbonyl (C=O) groups excluding carboxylic acids is 1. The minimum atomic E-state index is -0.289. The molecular weight excluding hydrogens is 373 g/mol. The number of carbonyl (C=O) groups is 1. The van der Waals surface area contributed by atoms with Crippen LogP contribution in [0.5, 0.6) is 0 Å². The molecule has 4 nitrogen and oxygen atoms in total. The molecule has 0 bridgehead atoms. The number of hydrogen-bond donors (Lipinski definition) is 1. The Labute approximate surface area is 150 Å². The van der Waals surface area contributed by atoms with Gasteiger partial charge in [-0.15, -0.1) is 0 Å². The lowest BCUT2D eigenvalue weighted by Gasteiger charge is -2.00. The summed E-state index contributed by atoms with van der Waals surface area (Å²) in [5.41, 5.74) is 8.40. The number of anilines is 1. The number of rotatable bonds is 4. The van der Waals surface area contributed by atoms with Crippen LogP contribution in [0.3, 0.4) is 0 Å². The van der Waals surface area contributed by atoms with E-state index in [9.17, 15) is 9.18 Å². The van der Waals surface area contributed by atoms with Gasteiger partial charge in [0.1, 0.15) is 24.3 Å². The van der Waals surface area contributed by atoms with Crippen LogP contribution >= 0.6 is 0 Å². The molecule has 3 aromatic rings. The minimum absolute atomic E-state index is 0. The molecule has 1 heterocycles. The van der Waals surface area contributed by atoms with Gasteiger partial charge in [0, 0.05) is 11.1 Å². The van der Waals surface area contributed by atoms with Crippen LogP contribution in [0, 0.1) is 5.82 Å². The number of aromatic nitrogens is 2. The van der Waals surface area contributed by atoms with Crippen molar-refractivity contribution in [3.8, 4) is 11.3 Å². The highest BCUT2D eigenvalue weighted by Gasteiger charge is 2.20. The SMILES string of the molecule is Cn1c(-c2ccc(F)cc2)c[n+](CC(=O)c2ccccc2)c1N.[Br-]. The van der Waals surface area contributed by atoms with Gasteiger partial charge in [0.05, 0.1) is 7.05 Å². The fourth-order valence-corrected chi connectivity index (χ4v) is 2.50. The number of Topliss-reactive ketones (excluding diaryl/α,β-unsaturated/α-hetero) is 1. The van der Waals surface area contributed by atoms with Gasteiger partial charge in [-0.05, 0) is 24.3 Å². The zero-order valence-electron chi connectivity index (χ0n) is 13.1. The largest absolute Gasteiger partial charge is 1.00 e. The molecule has 0 radical (unpaired) electrons. The van der Waals surface area contributed by atoms with Crippen molar-refractivity contribution >= 4 is 11.7 Å². The smallest absolute Gasteiger partial charge is 0.355 e. The van der Waals surface area contributed by atoms with Crippen LogP contribution in [0.15, 0.2) is 60.8 Å². The molecule has 24 heavy (non-hydrogen) atoms. The zero-order chi connectivity index (χ0) is 16.4. The van der Waals surface area contributed by atoms with Crippen molar-refractivity contribution < 1.29 is 30.7 Å². The van der Waals surface area contributed by atoms with E-state index in [0.717, 1.165) is 11.3 Å². The van der Waals surface area contributed by atoms with Gasteiger partial charge in [-0.3, -0.25) is 10.5 Å². The number of benzene rings is 2. The Morgan fingerprint density at radius 1 is 1.12 bits per heavy atom. The molecule has 124 valence electrons. The number of ketones is 1. The van der Waals surface area contributed by atoms with Gasteiger partial charge in [0.25, 0.3) is 0 Å². The van der Waals surface area contributed by atoms with E-state index >= 15 is 0 Å². The Balaban J connectivity index is 0.00000208. The van der Waals surface area contributed by atoms with Crippen LogP contribution in [0.25, 0.3) is 11.3 Å². The van der Waals surface area contributed by atoms with E-state index in [1.807, 2.05) is 31.4 Å². The van der Waals surface area contributed by atoms with E-state index in [1.54, 1.807) is 33.4 Å². The fraction of sp³-hybridized carbons (Fsp3) is 0.111. The number of nitrogens with two attached hydrogens (primary N) is 1. The molecule has 3 rings (SSSR count). The molecule has 0 spiro atoms. The van der Waals surface area contributed by atoms with Crippen LogP contribution in [0.2, 0.25) is 0 Å². The Bertz CT molecular complexity index is 845. The lowest BCUT2D eigenvalue weighted by atomic mass is 10.1. The Morgan fingerprint density at radius 3 is 2.38 bits per heavy atom. The highest BCUT2D eigenvalue weighted by molar-refractivity contribution is 5.95. The predicted octanol–water partition coefficient (Wildman–Crippen LogP) is -0.412. The third kappa shape index (κ3) is 3.54. The topological polar surface area (TPSA) is 51.9 Å². The Kier molecular flexibility index (Phi) is 5.51. The third-order valence-corrected chi connectivity index (χ3v) is 3.83. The van der Waals surface area contributed by atoms with Gasteiger partial charge in [-0.1, -0.05) is 30.3 Å². The molecule has 1 aromatic heterocycles. The molecule has 0 aliphatic rings. The average molecular weight is 390 g/mol. The van der Waals surface area contributed by atoms with Crippen LogP contribution in [-0.4, -0.2) is 10.4 Å². The quantitative estimate of drug-likeness (QED) is 0.487. The summed E-state index contributed by atoms with van der Waals surface area (Å²) in [6.07, 6.45) is 1.81. The van der Waals surface area contributed by atoms with Crippen molar-refractivity contribution in [3.63, 3.8) is 0 Å². The Hall–Kier alpha value is -2.47. The second kappa shape index (κ2) is 7.40. The van der Waals surface area contributed by atoms with Crippen LogP contribution in [0.4, 0.5) is 10.3 Å². The van der Waals surface area contributed by atoms with Crippen LogP contribution in [-0.2, 0) is 13.6 Å². The highest BCUT2D eigenvalue weighted by atomic mass is 79.9. The summed E-state index contributed by atoms with van der Waals surface area (Å²) in [6, 6.07) is 15.3. The number of hydrogen-bond acceptors (Lipinski definition) is 2. The van der Waals surface area contributed by atoms with Gasteiger partial charge < -0.3 is 17.0 Å². The average Bonchev–Trinajstić information content (AvgIpc) is 2.85. The molecule has 0 saturated carbocycles. The molecule has 0 saturated heterocycles. The first kappa shape index (κ1) is 17.9. The van der Waals surface area contributed by atoms with Crippen molar-refractivity contribution in [1.29, 1.82) is 0 Å². The van der Waals surface area contributed by atoms with E-state index in [-0.39, 0.29) is 35.1 Å². The zero-order valence-corrected chi connectivity index (χ0v) is 14.7. The van der Waals surface area contributed by atoms with E-state index in [2.05, 4.69) is 0 Å². The molecule has 0 amide bonds. The number of nitrogens with zero attached hydrogens (tertiary/aromatic N) is 2. The molecule has 2 N–H and O–H groups in total. The van der Waals surface area contributed by atoms with Crippen molar-refractivity contribution in [1.82, 2.24) is 4.57 Å². The van der Waals surface area contributed by atoms with Crippen LogP contribution in [0.1, 0.15) is 10.4 Å². The van der Waals surface area contributed by atoms with Crippen LogP contribution < -0.4 is 27.3 Å². The van der Waals surface area contributed by atoms with Gasteiger partial charge in [0.15, 0.2) is 5.78 Å². The maximum atomic E-state index is 13.1. The normalized spacial score (nSPS) is 10.2. The van der Waals surface area contributed by atoms with E-state index in [0.29, 0.717) is 11.5 Å². The van der Waals surface area contributed by atoms with Gasteiger partial charge >= 0.3 is 5.95 Å². The van der Waals surface area contributed by atoms with Gasteiger partial charge in [-0.25, -0.2) is 13.5 Å². The maximum absolute atomic E-state index is 13.1. The highest BCUT2D eigenvalue weighted by Crippen LogP contribution is 2.20. The minimum Gasteiger partial charge on any atom is -1.00 e. The summed E-state index contributed by atoms with van der Waals surface area (Å²) in [4.78, 5) is 12.3. The van der Waals surface area contributed by atoms with Crippen molar-refractivity contribution in [2.45, 2.75) is 6.54 Å². The standard InChI is InChI=1S/C18H16FN3O.BrH/c1-21-16(13-7-9-15(19)10-8-13)11-22(18(21)20)12-17(23)14-5-3-2-4-6-14;/h2-11,20H,12H2,1H3;1H. The molecule has 0 unspecified atom stereocenters. The summed E-state index contributed by atoms with van der Waals surface area (Å²) in [7, 11) is 1.82. The predicted molar refractivity (Wildman–Crippen MR) is 86.2 cm³/mol. The first-order chi connectivity index (χ1) is 11.1. The second-order valence-corrected chi connectivity index (χ2v) is 5.36. The van der Waals surface area contributed by atoms with E-state index < -0.39 is 0 Å². The summed E-state index contributed by atoms with van der Waals surface area (Å²) >= 11 is 0. The lowest BCUT2D eigenvalue weighted by Crippen LogP contribution is -3.00. The number of nitrogen functional groups attached to an aromatic ring is 1. The molecule has 0 aliphatic heterocycles. The summed E-state index contributed by atoms with van der Waals surface area (Å²) in [5, 5.41) is 0. The molecular formula is C18H17BrFN3O. The first-order valence-electron chi connectivity index (χ1n) is 7.25. The van der Waals surface area contributed by atoms with Gasteiger partial charge in [0.2, 0.25) is 0 Å². The van der Waals surface area contributed by atoms with Gasteiger partial charge in [-0.2, -0.15) is 0 Å². The molecule has 0 fully saturated rings. The first-order valence-corrected chi connectivity index (χ1v) is 7.25. The molecule has 6 heteroatoms. The van der Waals surface area contributed by atoms with E-state index in [4.69, 9.17) is 5.73 Å². The number of halogens is 2. The summed E-state index contributed by atoms with van der Waals surface area (Å²) in [5.74, 6) is 0.162. The summed E-state index contributed by atoms with van der Waals surface area (Å²) in [6.45, 7) is 0.158. The lowest BCUT2D eigenvalue weighted by molar-refractivity contribution is -0.667. The third-order valence-electron chi connectivity index (χ3n) is 3.83. The maximum Gasteiger partial charge on any atom is 0.355 e. The van der Waals surface area contributed by atoms with Crippen molar-refractivity contribution in [3.05, 3.63) is 72.2 Å². The summed E-state index contributed by atoms with van der Waals surface area (Å²) < 4.78 is 16.6. The van der Waals surface area contributed by atoms with E-state index in [1.165, 1.54) is 12.1 Å². The fourth-order valence-electron chi connectivity index (χ4n) is 2.50. The van der Waals surface area contributed by atoms with Crippen molar-refractivity contribution in [2.24, 2.45) is 7.05 Å².